The molecule has 5 atom stereocenters. The van der Waals surface area contributed by atoms with Crippen molar-refractivity contribution in [1.82, 2.24) is 10.2 Å². The predicted molar refractivity (Wildman–Crippen MR) is 87.0 cm³/mol. The molecule has 0 aromatic carbocycles. The number of nitrogens with zero attached hydrogens (tertiary/aromatic N) is 1. The zero-order valence-corrected chi connectivity index (χ0v) is 14.9. The van der Waals surface area contributed by atoms with E-state index in [1.807, 2.05) is 4.90 Å². The zero-order valence-electron chi connectivity index (χ0n) is 14.9. The summed E-state index contributed by atoms with van der Waals surface area (Å²) < 4.78 is 10.0. The second-order valence-electron chi connectivity index (χ2n) is 7.11. The first-order valence-electron chi connectivity index (χ1n) is 8.60. The summed E-state index contributed by atoms with van der Waals surface area (Å²) in [5, 5.41) is 2.66. The smallest absolute Gasteiger partial charge is 0.407 e. The Hall–Kier alpha value is -1.30. The lowest BCUT2D eigenvalue weighted by molar-refractivity contribution is -0.140. The number of rotatable bonds is 5. The third-order valence-electron chi connectivity index (χ3n) is 5.47. The van der Waals surface area contributed by atoms with Crippen molar-refractivity contribution in [3.8, 4) is 0 Å². The molecule has 0 aromatic rings. The van der Waals surface area contributed by atoms with E-state index in [0.717, 1.165) is 12.8 Å². The molecule has 1 saturated heterocycles. The van der Waals surface area contributed by atoms with Crippen molar-refractivity contribution in [2.75, 3.05) is 14.2 Å². The Labute approximate surface area is 138 Å². The Morgan fingerprint density at radius 1 is 1.17 bits per heavy atom. The first-order chi connectivity index (χ1) is 10.9. The first kappa shape index (κ1) is 18.0. The molecule has 0 bridgehead atoms. The fraction of sp³-hybridized carbons (Fsp3) is 0.882. The number of likely N-dealkylation sites (tertiary alicyclic amines) is 1. The van der Waals surface area contributed by atoms with Crippen LogP contribution in [0.2, 0.25) is 0 Å². The average Bonchev–Trinajstić information content (AvgIpc) is 3.11. The molecule has 0 aromatic heterocycles. The van der Waals surface area contributed by atoms with Gasteiger partial charge in [0.1, 0.15) is 6.04 Å². The van der Waals surface area contributed by atoms with Gasteiger partial charge in [0.15, 0.2) is 0 Å². The maximum Gasteiger partial charge on any atom is 0.407 e. The molecule has 2 aliphatic rings. The Balaban J connectivity index is 2.23. The van der Waals surface area contributed by atoms with Crippen LogP contribution in [0.5, 0.6) is 0 Å². The van der Waals surface area contributed by atoms with Crippen molar-refractivity contribution in [3.05, 3.63) is 0 Å². The molecular formula is C17H30N2O4. The lowest BCUT2D eigenvalue weighted by Gasteiger charge is -2.36. The van der Waals surface area contributed by atoms with Gasteiger partial charge in [0, 0.05) is 19.2 Å². The number of methoxy groups -OCH3 is 2. The van der Waals surface area contributed by atoms with Crippen LogP contribution < -0.4 is 5.32 Å². The highest BCUT2D eigenvalue weighted by Crippen LogP contribution is 2.43. The summed E-state index contributed by atoms with van der Waals surface area (Å²) in [6, 6.07) is -0.169. The molecule has 1 heterocycles. The minimum atomic E-state index is -0.715. The van der Waals surface area contributed by atoms with E-state index in [-0.39, 0.29) is 11.9 Å². The number of carbonyl (C=O) groups is 2. The lowest BCUT2D eigenvalue weighted by Crippen LogP contribution is -2.57. The van der Waals surface area contributed by atoms with Crippen LogP contribution in [0.1, 0.15) is 46.5 Å². The summed E-state index contributed by atoms with van der Waals surface area (Å²) in [5.74, 6) is 0.960. The molecular weight excluding hydrogens is 296 g/mol. The van der Waals surface area contributed by atoms with Crippen molar-refractivity contribution in [3.63, 3.8) is 0 Å². The van der Waals surface area contributed by atoms with Crippen LogP contribution in [-0.2, 0) is 14.3 Å². The molecule has 132 valence electrons. The van der Waals surface area contributed by atoms with Gasteiger partial charge >= 0.3 is 6.09 Å². The predicted octanol–water partition coefficient (Wildman–Crippen LogP) is 2.17. The number of hydrogen-bond acceptors (Lipinski definition) is 4. The fourth-order valence-corrected chi connectivity index (χ4v) is 4.11. The third kappa shape index (κ3) is 3.62. The first-order valence-corrected chi connectivity index (χ1v) is 8.60. The van der Waals surface area contributed by atoms with Gasteiger partial charge in [-0.1, -0.05) is 20.3 Å². The third-order valence-corrected chi connectivity index (χ3v) is 5.47. The molecule has 1 aliphatic carbocycles. The minimum absolute atomic E-state index is 0.0437. The van der Waals surface area contributed by atoms with Crippen LogP contribution in [0.3, 0.4) is 0 Å². The van der Waals surface area contributed by atoms with Gasteiger partial charge in [0.25, 0.3) is 0 Å². The van der Waals surface area contributed by atoms with E-state index in [1.165, 1.54) is 20.0 Å². The molecule has 0 spiro atoms. The largest absolute Gasteiger partial charge is 0.453 e. The maximum absolute atomic E-state index is 13.2. The van der Waals surface area contributed by atoms with Crippen molar-refractivity contribution in [2.24, 2.45) is 11.8 Å². The van der Waals surface area contributed by atoms with Crippen LogP contribution in [0, 0.1) is 11.8 Å². The van der Waals surface area contributed by atoms with E-state index < -0.39 is 18.2 Å². The lowest BCUT2D eigenvalue weighted by atomic mass is 9.96. The summed E-state index contributed by atoms with van der Waals surface area (Å²) in [6.07, 6.45) is 3.50. The number of hydrogen-bond donors (Lipinski definition) is 1. The van der Waals surface area contributed by atoms with Crippen LogP contribution in [0.15, 0.2) is 0 Å². The van der Waals surface area contributed by atoms with E-state index in [0.29, 0.717) is 17.9 Å². The molecule has 23 heavy (non-hydrogen) atoms. The molecule has 2 unspecified atom stereocenters. The summed E-state index contributed by atoms with van der Waals surface area (Å²) >= 11 is 0. The monoisotopic (exact) mass is 326 g/mol. The normalized spacial score (nSPS) is 29.3. The summed E-state index contributed by atoms with van der Waals surface area (Å²) in [4.78, 5) is 26.9. The van der Waals surface area contributed by atoms with Crippen molar-refractivity contribution >= 4 is 12.0 Å². The summed E-state index contributed by atoms with van der Waals surface area (Å²) in [6.45, 7) is 6.12. The number of nitrogens with one attached hydrogen (secondary N) is 1. The van der Waals surface area contributed by atoms with E-state index in [4.69, 9.17) is 4.74 Å². The average molecular weight is 326 g/mol. The molecule has 0 radical (unpaired) electrons. The number of alkyl carbamates (subject to hydrolysis) is 1. The van der Waals surface area contributed by atoms with Gasteiger partial charge in [-0.25, -0.2) is 4.79 Å². The van der Waals surface area contributed by atoms with Gasteiger partial charge in [-0.2, -0.15) is 0 Å². The van der Waals surface area contributed by atoms with Gasteiger partial charge in [-0.05, 0) is 38.0 Å². The quantitative estimate of drug-likeness (QED) is 0.841. The Morgan fingerprint density at radius 3 is 2.43 bits per heavy atom. The van der Waals surface area contributed by atoms with Crippen LogP contribution in [-0.4, -0.2) is 55.3 Å². The van der Waals surface area contributed by atoms with Gasteiger partial charge < -0.3 is 19.7 Å². The van der Waals surface area contributed by atoms with E-state index in [1.54, 1.807) is 14.0 Å². The standard InChI is InChI=1S/C17H30N2O4/c1-10(2)14-9-12-7-6-8-13(12)19(14)16(20)15(11(3)22-4)18-17(21)23-5/h10-15H,6-9H2,1-5H3,(H,18,21)/t11-,12+,13?,14?,15+/m1/s1. The van der Waals surface area contributed by atoms with Gasteiger partial charge in [0.05, 0.1) is 13.2 Å². The molecule has 6 nitrogen and oxygen atoms in total. The van der Waals surface area contributed by atoms with Gasteiger partial charge in [-0.15, -0.1) is 0 Å². The Bertz CT molecular complexity index is 440. The second-order valence-corrected chi connectivity index (χ2v) is 7.11. The van der Waals surface area contributed by atoms with E-state index in [9.17, 15) is 9.59 Å². The Morgan fingerprint density at radius 2 is 1.87 bits per heavy atom. The van der Waals surface area contributed by atoms with Crippen molar-refractivity contribution < 1.29 is 19.1 Å². The van der Waals surface area contributed by atoms with E-state index in [2.05, 4.69) is 23.9 Å². The number of fused-ring (bicyclic) bond motifs is 1. The Kier molecular flexibility index (Phi) is 5.89. The van der Waals surface area contributed by atoms with Gasteiger partial charge in [0.2, 0.25) is 5.91 Å². The maximum atomic E-state index is 13.2. The SMILES string of the molecule is COC(=O)N[C@H](C(=O)N1C(C(C)C)C[C@@H]2CCCC21)[C@@H](C)OC. The zero-order chi connectivity index (χ0) is 17.1. The molecule has 1 N–H and O–H groups in total. The van der Waals surface area contributed by atoms with Crippen LogP contribution in [0.4, 0.5) is 4.79 Å². The number of amides is 2. The molecule has 2 fully saturated rings. The number of ether oxygens (including phenoxy) is 2. The highest BCUT2D eigenvalue weighted by molar-refractivity contribution is 5.87. The molecule has 1 aliphatic heterocycles. The van der Waals surface area contributed by atoms with Crippen LogP contribution in [0.25, 0.3) is 0 Å². The highest BCUT2D eigenvalue weighted by atomic mass is 16.5. The fourth-order valence-electron chi connectivity index (χ4n) is 4.11. The topological polar surface area (TPSA) is 67.9 Å². The van der Waals surface area contributed by atoms with Crippen molar-refractivity contribution in [1.29, 1.82) is 0 Å². The summed E-state index contributed by atoms with van der Waals surface area (Å²) in [5.41, 5.74) is 0. The molecule has 2 amide bonds. The summed E-state index contributed by atoms with van der Waals surface area (Å²) in [7, 11) is 2.85. The molecule has 2 rings (SSSR count). The molecule has 1 saturated carbocycles. The van der Waals surface area contributed by atoms with Gasteiger partial charge in [-0.3, -0.25) is 4.79 Å². The highest BCUT2D eigenvalue weighted by Gasteiger charge is 2.48. The molecule has 6 heteroatoms. The second kappa shape index (κ2) is 7.51. The number of carbonyl (C=O) groups excluding carboxylic acids is 2. The minimum Gasteiger partial charge on any atom is -0.453 e. The van der Waals surface area contributed by atoms with E-state index >= 15 is 0 Å². The van der Waals surface area contributed by atoms with Crippen LogP contribution >= 0.6 is 0 Å². The van der Waals surface area contributed by atoms with Crippen molar-refractivity contribution in [2.45, 2.75) is 70.7 Å².